The summed E-state index contributed by atoms with van der Waals surface area (Å²) in [6.45, 7) is 0. The molecule has 0 fully saturated rings. The van der Waals surface area contributed by atoms with Gasteiger partial charge in [0.05, 0.1) is 5.10 Å². The lowest BCUT2D eigenvalue weighted by molar-refractivity contribution is -0.645. The molecule has 5 nitrogen and oxygen atoms in total. The van der Waals surface area contributed by atoms with Crippen LogP contribution in [0.1, 0.15) is 0 Å². The fourth-order valence-corrected chi connectivity index (χ4v) is 1.23. The van der Waals surface area contributed by atoms with Gasteiger partial charge in [0.15, 0.2) is 0 Å². The van der Waals surface area contributed by atoms with Crippen LogP contribution in [0.2, 0.25) is 0 Å². The Hall–Kier alpha value is -1.62. The fraction of sp³-hybridized carbons (Fsp3) is 0.125. The maximum Gasteiger partial charge on any atom is 0.289 e. The number of fused-ring (bicyclic) bond motifs is 1. The highest BCUT2D eigenvalue weighted by Gasteiger charge is 2.06. The third-order valence-corrected chi connectivity index (χ3v) is 1.95. The SMILES string of the molecule is Cl.Cn1c(=N)n[n+]([O-])c2ccccc21. The number of aromatic nitrogens is 3. The zero-order valence-electron chi connectivity index (χ0n) is 7.47. The van der Waals surface area contributed by atoms with Crippen LogP contribution in [-0.4, -0.2) is 9.67 Å². The predicted octanol–water partition coefficient (Wildman–Crippen LogP) is 0.108. The van der Waals surface area contributed by atoms with E-state index in [2.05, 4.69) is 5.10 Å². The summed E-state index contributed by atoms with van der Waals surface area (Å²) >= 11 is 0. The van der Waals surface area contributed by atoms with Gasteiger partial charge in [-0.2, -0.15) is 0 Å². The van der Waals surface area contributed by atoms with Crippen molar-refractivity contribution in [3.63, 3.8) is 0 Å². The molecule has 1 N–H and O–H groups in total. The van der Waals surface area contributed by atoms with E-state index in [1.165, 1.54) is 0 Å². The van der Waals surface area contributed by atoms with Crippen LogP contribution in [0.3, 0.4) is 0 Å². The first-order valence-corrected chi connectivity index (χ1v) is 3.80. The van der Waals surface area contributed by atoms with E-state index < -0.39 is 0 Å². The molecule has 1 heterocycles. The van der Waals surface area contributed by atoms with Crippen LogP contribution < -0.4 is 10.5 Å². The lowest BCUT2D eigenvalue weighted by atomic mass is 10.3. The number of nitrogens with one attached hydrogen (secondary N) is 1. The van der Waals surface area contributed by atoms with Gasteiger partial charge < -0.3 is 9.77 Å². The van der Waals surface area contributed by atoms with E-state index in [0.29, 0.717) is 15.9 Å². The third-order valence-electron chi connectivity index (χ3n) is 1.95. The topological polar surface area (TPSA) is 68.6 Å². The van der Waals surface area contributed by atoms with Gasteiger partial charge in [-0.15, -0.1) is 12.4 Å². The maximum atomic E-state index is 11.2. The number of hydrogen-bond acceptors (Lipinski definition) is 3. The number of rotatable bonds is 0. The maximum absolute atomic E-state index is 11.2. The monoisotopic (exact) mass is 212 g/mol. The molecule has 0 saturated heterocycles. The second-order valence-electron chi connectivity index (χ2n) is 2.74. The minimum absolute atomic E-state index is 0. The van der Waals surface area contributed by atoms with Crippen molar-refractivity contribution in [2.75, 3.05) is 0 Å². The van der Waals surface area contributed by atoms with Gasteiger partial charge in [-0.25, -0.2) is 0 Å². The van der Waals surface area contributed by atoms with Crippen molar-refractivity contribution < 1.29 is 4.85 Å². The second kappa shape index (κ2) is 3.63. The smallest absolute Gasteiger partial charge is 0.289 e. The van der Waals surface area contributed by atoms with Gasteiger partial charge in [0.25, 0.3) is 11.1 Å². The second-order valence-corrected chi connectivity index (χ2v) is 2.74. The Morgan fingerprint density at radius 1 is 1.43 bits per heavy atom. The highest BCUT2D eigenvalue weighted by molar-refractivity contribution is 5.85. The molecular weight excluding hydrogens is 204 g/mol. The van der Waals surface area contributed by atoms with Gasteiger partial charge in [-0.3, -0.25) is 5.41 Å². The molecular formula is C8H9ClN4O. The highest BCUT2D eigenvalue weighted by Crippen LogP contribution is 2.03. The van der Waals surface area contributed by atoms with Crippen LogP contribution in [-0.2, 0) is 7.05 Å². The van der Waals surface area contributed by atoms with Crippen LogP contribution in [0.4, 0.5) is 0 Å². The summed E-state index contributed by atoms with van der Waals surface area (Å²) in [5, 5.41) is 22.1. The van der Waals surface area contributed by atoms with Gasteiger partial charge in [0.1, 0.15) is 5.52 Å². The summed E-state index contributed by atoms with van der Waals surface area (Å²) in [5.74, 6) is 0. The molecule has 0 atom stereocenters. The molecule has 1 aromatic heterocycles. The molecule has 1 aromatic carbocycles. The molecule has 0 aliphatic carbocycles. The summed E-state index contributed by atoms with van der Waals surface area (Å²) in [4.78, 5) is 0.470. The molecule has 0 saturated carbocycles. The minimum Gasteiger partial charge on any atom is -0.594 e. The standard InChI is InChI=1S/C8H8N4O.ClH/c1-11-6-4-2-3-5-7(6)12(13)10-8(11)9;/h2-5,9H,1H3;1H. The summed E-state index contributed by atoms with van der Waals surface area (Å²) in [5.41, 5.74) is 1.13. The van der Waals surface area contributed by atoms with E-state index in [1.807, 2.05) is 6.07 Å². The van der Waals surface area contributed by atoms with Crippen LogP contribution >= 0.6 is 12.4 Å². The molecule has 0 unspecified atom stereocenters. The normalized spacial score (nSPS) is 9.79. The van der Waals surface area contributed by atoms with Crippen molar-refractivity contribution in [2.45, 2.75) is 0 Å². The highest BCUT2D eigenvalue weighted by atomic mass is 35.5. The molecule has 74 valence electrons. The average molecular weight is 213 g/mol. The predicted molar refractivity (Wildman–Crippen MR) is 52.8 cm³/mol. The molecule has 0 bridgehead atoms. The van der Waals surface area contributed by atoms with Crippen molar-refractivity contribution in [1.29, 1.82) is 5.41 Å². The van der Waals surface area contributed by atoms with E-state index in [4.69, 9.17) is 5.41 Å². The van der Waals surface area contributed by atoms with E-state index in [-0.39, 0.29) is 18.0 Å². The average Bonchev–Trinajstić information content (AvgIpc) is 2.15. The molecule has 0 aliphatic rings. The Bertz CT molecular complexity index is 522. The number of hydrogen-bond donors (Lipinski definition) is 1. The lowest BCUT2D eigenvalue weighted by Crippen LogP contribution is -2.42. The van der Waals surface area contributed by atoms with E-state index in [9.17, 15) is 5.21 Å². The molecule has 14 heavy (non-hydrogen) atoms. The van der Waals surface area contributed by atoms with Crippen LogP contribution in [0.5, 0.6) is 0 Å². The number of benzene rings is 1. The zero-order valence-corrected chi connectivity index (χ0v) is 8.28. The first-order valence-electron chi connectivity index (χ1n) is 3.80. The number of nitrogens with zero attached hydrogens (tertiary/aromatic N) is 3. The molecule has 0 radical (unpaired) electrons. The minimum atomic E-state index is -0.0475. The van der Waals surface area contributed by atoms with Gasteiger partial charge in [-0.1, -0.05) is 12.1 Å². The van der Waals surface area contributed by atoms with E-state index in [1.54, 1.807) is 29.8 Å². The van der Waals surface area contributed by atoms with Crippen molar-refractivity contribution in [2.24, 2.45) is 7.05 Å². The first kappa shape index (κ1) is 10.5. The lowest BCUT2D eigenvalue weighted by Gasteiger charge is -2.02. The Balaban J connectivity index is 0.000000980. The molecule has 2 rings (SSSR count). The quantitative estimate of drug-likeness (QED) is 0.498. The third kappa shape index (κ3) is 1.42. The Morgan fingerprint density at radius 2 is 2.07 bits per heavy atom. The number of para-hydroxylation sites is 2. The summed E-state index contributed by atoms with van der Waals surface area (Å²) in [6, 6.07) is 7.04. The number of halogens is 1. The Labute approximate surface area is 86.1 Å². The van der Waals surface area contributed by atoms with Crippen molar-refractivity contribution in [3.05, 3.63) is 35.1 Å². The van der Waals surface area contributed by atoms with Crippen molar-refractivity contribution in [3.8, 4) is 0 Å². The van der Waals surface area contributed by atoms with E-state index in [0.717, 1.165) is 0 Å². The summed E-state index contributed by atoms with van der Waals surface area (Å²) in [7, 11) is 1.71. The molecule has 0 amide bonds. The largest absolute Gasteiger partial charge is 0.594 e. The summed E-state index contributed by atoms with van der Waals surface area (Å²) < 4.78 is 1.56. The van der Waals surface area contributed by atoms with Crippen molar-refractivity contribution >= 4 is 23.4 Å². The van der Waals surface area contributed by atoms with Gasteiger partial charge in [0.2, 0.25) is 0 Å². The van der Waals surface area contributed by atoms with Gasteiger partial charge >= 0.3 is 0 Å². The fourth-order valence-electron chi connectivity index (χ4n) is 1.23. The Morgan fingerprint density at radius 3 is 2.79 bits per heavy atom. The first-order chi connectivity index (χ1) is 6.20. The molecule has 0 aliphatic heterocycles. The number of aryl methyl sites for hydroxylation is 1. The van der Waals surface area contributed by atoms with Gasteiger partial charge in [-0.05, 0) is 10.9 Å². The van der Waals surface area contributed by atoms with Crippen LogP contribution in [0.15, 0.2) is 24.3 Å². The van der Waals surface area contributed by atoms with Crippen LogP contribution in [0.25, 0.3) is 11.0 Å². The van der Waals surface area contributed by atoms with Crippen LogP contribution in [0, 0.1) is 10.6 Å². The molecule has 2 aromatic rings. The zero-order chi connectivity index (χ0) is 9.42. The Kier molecular flexibility index (Phi) is 2.71. The molecule has 0 spiro atoms. The van der Waals surface area contributed by atoms with Crippen molar-refractivity contribution in [1.82, 2.24) is 9.67 Å². The molecule has 6 heteroatoms. The summed E-state index contributed by atoms with van der Waals surface area (Å²) in [6.07, 6.45) is 0. The van der Waals surface area contributed by atoms with Gasteiger partial charge in [0, 0.05) is 13.1 Å². The van der Waals surface area contributed by atoms with E-state index >= 15 is 0 Å².